The van der Waals surface area contributed by atoms with Gasteiger partial charge in [-0.15, -0.1) is 0 Å². The summed E-state index contributed by atoms with van der Waals surface area (Å²) in [5, 5.41) is 5.00. The zero-order valence-corrected chi connectivity index (χ0v) is 17.2. The average Bonchev–Trinajstić information content (AvgIpc) is 2.75. The third kappa shape index (κ3) is 3.96. The highest BCUT2D eigenvalue weighted by atomic mass is 16.2. The first kappa shape index (κ1) is 19.5. The number of carbonyl (C=O) groups is 1. The Morgan fingerprint density at radius 2 is 1.77 bits per heavy atom. The van der Waals surface area contributed by atoms with E-state index in [-0.39, 0.29) is 5.91 Å². The van der Waals surface area contributed by atoms with Gasteiger partial charge in [0, 0.05) is 28.9 Å². The molecule has 0 aliphatic rings. The van der Waals surface area contributed by atoms with Gasteiger partial charge in [0.2, 0.25) is 0 Å². The van der Waals surface area contributed by atoms with Crippen LogP contribution in [0.15, 0.2) is 72.1 Å². The molecule has 2 heterocycles. The number of hydrazone groups is 1. The van der Waals surface area contributed by atoms with Crippen molar-refractivity contribution in [2.75, 3.05) is 0 Å². The van der Waals surface area contributed by atoms with Crippen LogP contribution < -0.4 is 5.43 Å². The number of aryl methyl sites for hydroxylation is 3. The van der Waals surface area contributed by atoms with E-state index in [0.717, 1.165) is 33.2 Å². The number of rotatable bonds is 4. The lowest BCUT2D eigenvalue weighted by Crippen LogP contribution is -2.18. The van der Waals surface area contributed by atoms with Crippen LogP contribution in [-0.2, 0) is 0 Å². The van der Waals surface area contributed by atoms with Crippen molar-refractivity contribution < 1.29 is 4.79 Å². The predicted molar refractivity (Wildman–Crippen MR) is 121 cm³/mol. The molecule has 0 saturated heterocycles. The fraction of sp³-hybridized carbons (Fsp3) is 0.120. The van der Waals surface area contributed by atoms with Crippen LogP contribution in [0.2, 0.25) is 0 Å². The molecule has 5 nitrogen and oxygen atoms in total. The van der Waals surface area contributed by atoms with Crippen LogP contribution in [0.3, 0.4) is 0 Å². The number of aromatic nitrogens is 2. The number of benzene rings is 2. The molecule has 0 saturated carbocycles. The summed E-state index contributed by atoms with van der Waals surface area (Å²) in [7, 11) is 0. The molecule has 0 bridgehead atoms. The normalized spacial score (nSPS) is 11.2. The standard InChI is InChI=1S/C25H22N4O/c1-16-11-17(2)22(18(3)12-16)15-27-29-25(30)21-13-24(19-7-6-10-26-14-19)28-23-9-5-4-8-20(21)23/h4-15H,1-3H3,(H,29,30). The van der Waals surface area contributed by atoms with Gasteiger partial charge in [-0.25, -0.2) is 10.4 Å². The number of amides is 1. The van der Waals surface area contributed by atoms with Gasteiger partial charge in [0.15, 0.2) is 0 Å². The Morgan fingerprint density at radius 3 is 2.50 bits per heavy atom. The van der Waals surface area contributed by atoms with E-state index in [1.165, 1.54) is 5.56 Å². The Balaban J connectivity index is 1.68. The summed E-state index contributed by atoms with van der Waals surface area (Å²) in [6, 6.07) is 17.4. The molecule has 0 spiro atoms. The van der Waals surface area contributed by atoms with Crippen LogP contribution in [0.25, 0.3) is 22.2 Å². The van der Waals surface area contributed by atoms with Gasteiger partial charge in [0.25, 0.3) is 5.91 Å². The molecule has 30 heavy (non-hydrogen) atoms. The second-order valence-electron chi connectivity index (χ2n) is 7.33. The molecule has 0 unspecified atom stereocenters. The molecule has 1 N–H and O–H groups in total. The average molecular weight is 394 g/mol. The largest absolute Gasteiger partial charge is 0.272 e. The minimum Gasteiger partial charge on any atom is -0.267 e. The minimum absolute atomic E-state index is 0.280. The van der Waals surface area contributed by atoms with E-state index in [2.05, 4.69) is 39.6 Å². The van der Waals surface area contributed by atoms with Gasteiger partial charge in [-0.05, 0) is 56.2 Å². The van der Waals surface area contributed by atoms with Crippen molar-refractivity contribution in [3.8, 4) is 11.3 Å². The van der Waals surface area contributed by atoms with Crippen molar-refractivity contribution in [1.82, 2.24) is 15.4 Å². The maximum Gasteiger partial charge on any atom is 0.272 e. The van der Waals surface area contributed by atoms with Gasteiger partial charge in [-0.1, -0.05) is 35.9 Å². The summed E-state index contributed by atoms with van der Waals surface area (Å²) in [4.78, 5) is 21.8. The number of carbonyl (C=O) groups excluding carboxylic acids is 1. The predicted octanol–water partition coefficient (Wildman–Crippen LogP) is 4.99. The fourth-order valence-corrected chi connectivity index (χ4v) is 3.64. The Kier molecular flexibility index (Phi) is 5.35. The number of hydrogen-bond donors (Lipinski definition) is 1. The number of pyridine rings is 2. The summed E-state index contributed by atoms with van der Waals surface area (Å²) in [5.74, 6) is -0.280. The third-order valence-corrected chi connectivity index (χ3v) is 5.02. The first-order valence-electron chi connectivity index (χ1n) is 9.74. The van der Waals surface area contributed by atoms with Crippen LogP contribution in [0.4, 0.5) is 0 Å². The Morgan fingerprint density at radius 1 is 1.00 bits per heavy atom. The molecular formula is C25H22N4O. The highest BCUT2D eigenvalue weighted by molar-refractivity contribution is 6.07. The molecule has 1 amide bonds. The number of hydrogen-bond acceptors (Lipinski definition) is 4. The van der Waals surface area contributed by atoms with Gasteiger partial charge in [-0.2, -0.15) is 5.10 Å². The molecule has 4 aromatic rings. The maximum absolute atomic E-state index is 13.0. The van der Waals surface area contributed by atoms with Gasteiger partial charge in [0.05, 0.1) is 23.0 Å². The zero-order chi connectivity index (χ0) is 21.1. The quantitative estimate of drug-likeness (QED) is 0.392. The highest BCUT2D eigenvalue weighted by Gasteiger charge is 2.13. The lowest BCUT2D eigenvalue weighted by molar-refractivity contribution is 0.0956. The van der Waals surface area contributed by atoms with Crippen LogP contribution in [0, 0.1) is 20.8 Å². The Hall–Kier alpha value is -3.86. The molecule has 2 aromatic heterocycles. The van der Waals surface area contributed by atoms with E-state index in [1.54, 1.807) is 24.7 Å². The molecule has 148 valence electrons. The highest BCUT2D eigenvalue weighted by Crippen LogP contribution is 2.24. The third-order valence-electron chi connectivity index (χ3n) is 5.02. The van der Waals surface area contributed by atoms with E-state index in [4.69, 9.17) is 0 Å². The summed E-state index contributed by atoms with van der Waals surface area (Å²) in [6.07, 6.45) is 5.15. The van der Waals surface area contributed by atoms with E-state index < -0.39 is 0 Å². The molecule has 0 radical (unpaired) electrons. The SMILES string of the molecule is Cc1cc(C)c(C=NNC(=O)c2cc(-c3cccnc3)nc3ccccc23)c(C)c1. The van der Waals surface area contributed by atoms with Crippen molar-refractivity contribution in [3.63, 3.8) is 0 Å². The van der Waals surface area contributed by atoms with Crippen molar-refractivity contribution in [2.24, 2.45) is 5.10 Å². The van der Waals surface area contributed by atoms with Crippen LogP contribution in [0.1, 0.15) is 32.6 Å². The summed E-state index contributed by atoms with van der Waals surface area (Å²) in [5.41, 5.74) is 9.96. The van der Waals surface area contributed by atoms with E-state index >= 15 is 0 Å². The first-order valence-corrected chi connectivity index (χ1v) is 9.74. The molecule has 0 aliphatic heterocycles. The van der Waals surface area contributed by atoms with Gasteiger partial charge < -0.3 is 0 Å². The Bertz CT molecular complexity index is 1240. The second-order valence-corrected chi connectivity index (χ2v) is 7.33. The van der Waals surface area contributed by atoms with Crippen molar-refractivity contribution in [1.29, 1.82) is 0 Å². The van der Waals surface area contributed by atoms with Crippen molar-refractivity contribution >= 4 is 23.0 Å². The molecule has 5 heteroatoms. The zero-order valence-electron chi connectivity index (χ0n) is 17.2. The molecular weight excluding hydrogens is 372 g/mol. The van der Waals surface area contributed by atoms with Crippen molar-refractivity contribution in [3.05, 3.63) is 94.8 Å². The van der Waals surface area contributed by atoms with E-state index in [1.807, 2.05) is 50.2 Å². The Labute approximate surface area is 175 Å². The number of para-hydroxylation sites is 1. The molecule has 4 rings (SSSR count). The van der Waals surface area contributed by atoms with Crippen LogP contribution in [0.5, 0.6) is 0 Å². The summed E-state index contributed by atoms with van der Waals surface area (Å²) < 4.78 is 0. The van der Waals surface area contributed by atoms with Gasteiger partial charge in [0.1, 0.15) is 0 Å². The number of nitrogens with one attached hydrogen (secondary N) is 1. The molecule has 0 aliphatic carbocycles. The number of fused-ring (bicyclic) bond motifs is 1. The van der Waals surface area contributed by atoms with Gasteiger partial charge in [-0.3, -0.25) is 9.78 Å². The first-order chi connectivity index (χ1) is 14.5. The van der Waals surface area contributed by atoms with E-state index in [9.17, 15) is 4.79 Å². The maximum atomic E-state index is 13.0. The molecule has 0 fully saturated rings. The summed E-state index contributed by atoms with van der Waals surface area (Å²) >= 11 is 0. The molecule has 2 aromatic carbocycles. The van der Waals surface area contributed by atoms with Gasteiger partial charge >= 0.3 is 0 Å². The second kappa shape index (κ2) is 8.25. The fourth-order valence-electron chi connectivity index (χ4n) is 3.64. The lowest BCUT2D eigenvalue weighted by Gasteiger charge is -2.09. The molecule has 0 atom stereocenters. The monoisotopic (exact) mass is 394 g/mol. The lowest BCUT2D eigenvalue weighted by atomic mass is 10.0. The van der Waals surface area contributed by atoms with Crippen molar-refractivity contribution in [2.45, 2.75) is 20.8 Å². The van der Waals surface area contributed by atoms with Crippen LogP contribution >= 0.6 is 0 Å². The van der Waals surface area contributed by atoms with Crippen LogP contribution in [-0.4, -0.2) is 22.1 Å². The minimum atomic E-state index is -0.280. The number of nitrogens with zero attached hydrogens (tertiary/aromatic N) is 3. The summed E-state index contributed by atoms with van der Waals surface area (Å²) in [6.45, 7) is 6.15. The smallest absolute Gasteiger partial charge is 0.267 e. The van der Waals surface area contributed by atoms with E-state index in [0.29, 0.717) is 11.3 Å². The topological polar surface area (TPSA) is 67.2 Å².